The molecule has 0 unspecified atom stereocenters. The third-order valence-electron chi connectivity index (χ3n) is 3.73. The maximum absolute atomic E-state index is 12.7. The predicted molar refractivity (Wildman–Crippen MR) is 81.9 cm³/mol. The van der Waals surface area contributed by atoms with Crippen molar-refractivity contribution in [2.45, 2.75) is 26.0 Å². The monoisotopic (exact) mass is 315 g/mol. The van der Waals surface area contributed by atoms with Crippen LogP contribution in [0, 0.1) is 0 Å². The summed E-state index contributed by atoms with van der Waals surface area (Å²) in [5, 5.41) is 2.68. The van der Waals surface area contributed by atoms with Gasteiger partial charge in [0.2, 0.25) is 0 Å². The van der Waals surface area contributed by atoms with Gasteiger partial charge in [-0.2, -0.15) is 0 Å². The fraction of sp³-hybridized carbons (Fsp3) is 0.312. The molecule has 0 saturated carbocycles. The van der Waals surface area contributed by atoms with Gasteiger partial charge in [-0.05, 0) is 38.1 Å². The summed E-state index contributed by atoms with van der Waals surface area (Å²) in [6, 6.07) is 6.86. The van der Waals surface area contributed by atoms with E-state index in [9.17, 15) is 9.59 Å². The van der Waals surface area contributed by atoms with Crippen molar-refractivity contribution in [2.75, 3.05) is 11.4 Å². The van der Waals surface area contributed by atoms with Crippen LogP contribution < -0.4 is 15.0 Å². The van der Waals surface area contributed by atoms with Gasteiger partial charge >= 0.3 is 0 Å². The van der Waals surface area contributed by atoms with Gasteiger partial charge in [0.15, 0.2) is 11.6 Å². The van der Waals surface area contributed by atoms with E-state index in [-0.39, 0.29) is 6.54 Å². The van der Waals surface area contributed by atoms with Crippen molar-refractivity contribution >= 4 is 17.6 Å². The molecule has 3 heterocycles. The highest BCUT2D eigenvalue weighted by Gasteiger charge is 2.50. The number of carbonyl (C=O) groups is 2. The SMILES string of the molecule is CCN1C(=O)[C@](C)(C(=O)NCc2ccco2)Oc2cccnc21. The molecule has 1 atom stereocenters. The van der Waals surface area contributed by atoms with Gasteiger partial charge < -0.3 is 14.5 Å². The number of nitrogens with zero attached hydrogens (tertiary/aromatic N) is 2. The van der Waals surface area contributed by atoms with Gasteiger partial charge in [0.25, 0.3) is 17.4 Å². The van der Waals surface area contributed by atoms with Crippen LogP contribution in [-0.4, -0.2) is 28.9 Å². The van der Waals surface area contributed by atoms with Crippen LogP contribution >= 0.6 is 0 Å². The van der Waals surface area contributed by atoms with Crippen molar-refractivity contribution in [2.24, 2.45) is 0 Å². The third kappa shape index (κ3) is 2.54. The zero-order valence-corrected chi connectivity index (χ0v) is 12.9. The summed E-state index contributed by atoms with van der Waals surface area (Å²) in [5.41, 5.74) is -1.64. The number of aromatic nitrogens is 1. The normalized spacial score (nSPS) is 19.9. The Hall–Kier alpha value is -2.83. The van der Waals surface area contributed by atoms with Crippen LogP contribution in [0.2, 0.25) is 0 Å². The second-order valence-electron chi connectivity index (χ2n) is 5.27. The lowest BCUT2D eigenvalue weighted by atomic mass is 10.0. The minimum absolute atomic E-state index is 0.185. The van der Waals surface area contributed by atoms with Crippen LogP contribution in [0.25, 0.3) is 0 Å². The predicted octanol–water partition coefficient (Wildman–Crippen LogP) is 1.49. The maximum Gasteiger partial charge on any atom is 0.282 e. The number of amides is 2. The van der Waals surface area contributed by atoms with Crippen molar-refractivity contribution in [3.05, 3.63) is 42.5 Å². The molecule has 0 aliphatic carbocycles. The number of rotatable bonds is 4. The molecule has 0 fully saturated rings. The molecule has 0 radical (unpaired) electrons. The zero-order valence-electron chi connectivity index (χ0n) is 12.9. The first-order valence-corrected chi connectivity index (χ1v) is 7.33. The average Bonchev–Trinajstić information content (AvgIpc) is 3.07. The Labute approximate surface area is 133 Å². The van der Waals surface area contributed by atoms with Gasteiger partial charge in [0.1, 0.15) is 5.76 Å². The number of anilines is 1. The molecular formula is C16H17N3O4. The molecule has 2 aromatic rings. The van der Waals surface area contributed by atoms with Crippen LogP contribution in [0.4, 0.5) is 5.82 Å². The highest BCUT2D eigenvalue weighted by atomic mass is 16.5. The summed E-state index contributed by atoms with van der Waals surface area (Å²) in [5.74, 6) is 0.468. The van der Waals surface area contributed by atoms with Crippen molar-refractivity contribution in [3.63, 3.8) is 0 Å². The quantitative estimate of drug-likeness (QED) is 0.864. The fourth-order valence-electron chi connectivity index (χ4n) is 2.47. The molecular weight excluding hydrogens is 298 g/mol. The first kappa shape index (κ1) is 15.1. The summed E-state index contributed by atoms with van der Waals surface area (Å²) < 4.78 is 10.9. The topological polar surface area (TPSA) is 84.7 Å². The number of hydrogen-bond donors (Lipinski definition) is 1. The number of pyridine rings is 1. The second-order valence-corrected chi connectivity index (χ2v) is 5.27. The zero-order chi connectivity index (χ0) is 16.4. The lowest BCUT2D eigenvalue weighted by Gasteiger charge is -2.38. The number of fused-ring (bicyclic) bond motifs is 1. The second kappa shape index (κ2) is 5.75. The standard InChI is InChI=1S/C16H17N3O4/c1-3-19-13-12(7-4-8-17-13)23-16(2,15(19)21)14(20)18-10-11-6-5-9-22-11/h4-9H,3,10H2,1-2H3,(H,18,20)/t16-/m0/s1. The third-order valence-corrected chi connectivity index (χ3v) is 3.73. The number of likely N-dealkylation sites (N-methyl/N-ethyl adjacent to an activating group) is 1. The number of nitrogens with one attached hydrogen (secondary N) is 1. The molecule has 0 spiro atoms. The number of hydrogen-bond acceptors (Lipinski definition) is 5. The van der Waals surface area contributed by atoms with Gasteiger partial charge in [-0.1, -0.05) is 0 Å². The first-order chi connectivity index (χ1) is 11.1. The molecule has 0 saturated heterocycles. The molecule has 2 amide bonds. The van der Waals surface area contributed by atoms with E-state index in [0.29, 0.717) is 23.9 Å². The molecule has 2 aromatic heterocycles. The Balaban J connectivity index is 1.85. The Morgan fingerprint density at radius 3 is 2.91 bits per heavy atom. The molecule has 3 rings (SSSR count). The minimum atomic E-state index is -1.64. The van der Waals surface area contributed by atoms with Crippen LogP contribution in [-0.2, 0) is 16.1 Å². The molecule has 7 heteroatoms. The van der Waals surface area contributed by atoms with Gasteiger partial charge in [-0.15, -0.1) is 0 Å². The smallest absolute Gasteiger partial charge is 0.282 e. The molecule has 120 valence electrons. The van der Waals surface area contributed by atoms with E-state index in [1.807, 2.05) is 6.92 Å². The van der Waals surface area contributed by atoms with E-state index < -0.39 is 17.4 Å². The summed E-state index contributed by atoms with van der Waals surface area (Å²) in [6.45, 7) is 3.87. The Morgan fingerprint density at radius 2 is 2.22 bits per heavy atom. The molecule has 0 bridgehead atoms. The van der Waals surface area contributed by atoms with Crippen LogP contribution in [0.15, 0.2) is 41.1 Å². The van der Waals surface area contributed by atoms with Crippen molar-refractivity contribution in [1.29, 1.82) is 0 Å². The van der Waals surface area contributed by atoms with Gasteiger partial charge in [0.05, 0.1) is 12.8 Å². The molecule has 1 aliphatic rings. The summed E-state index contributed by atoms with van der Waals surface area (Å²) in [6.07, 6.45) is 3.10. The fourth-order valence-corrected chi connectivity index (χ4v) is 2.47. The van der Waals surface area contributed by atoms with E-state index in [0.717, 1.165) is 0 Å². The van der Waals surface area contributed by atoms with E-state index in [1.54, 1.807) is 30.5 Å². The average molecular weight is 315 g/mol. The van der Waals surface area contributed by atoms with E-state index in [4.69, 9.17) is 9.15 Å². The van der Waals surface area contributed by atoms with E-state index in [2.05, 4.69) is 10.3 Å². The Kier molecular flexibility index (Phi) is 3.77. The number of carbonyl (C=O) groups excluding carboxylic acids is 2. The summed E-state index contributed by atoms with van der Waals surface area (Å²) in [4.78, 5) is 30.9. The van der Waals surface area contributed by atoms with Crippen molar-refractivity contribution in [3.8, 4) is 5.75 Å². The van der Waals surface area contributed by atoms with Crippen LogP contribution in [0.3, 0.4) is 0 Å². The molecule has 23 heavy (non-hydrogen) atoms. The summed E-state index contributed by atoms with van der Waals surface area (Å²) >= 11 is 0. The summed E-state index contributed by atoms with van der Waals surface area (Å²) in [7, 11) is 0. The number of furan rings is 1. The molecule has 1 N–H and O–H groups in total. The van der Waals surface area contributed by atoms with E-state index >= 15 is 0 Å². The maximum atomic E-state index is 12.7. The highest BCUT2D eigenvalue weighted by Crippen LogP contribution is 2.35. The van der Waals surface area contributed by atoms with Crippen LogP contribution in [0.5, 0.6) is 5.75 Å². The minimum Gasteiger partial charge on any atom is -0.467 e. The van der Waals surface area contributed by atoms with Gasteiger partial charge in [-0.3, -0.25) is 14.5 Å². The lowest BCUT2D eigenvalue weighted by molar-refractivity contribution is -0.148. The van der Waals surface area contributed by atoms with Gasteiger partial charge in [-0.25, -0.2) is 4.98 Å². The van der Waals surface area contributed by atoms with Crippen molar-refractivity contribution in [1.82, 2.24) is 10.3 Å². The van der Waals surface area contributed by atoms with Crippen LogP contribution in [0.1, 0.15) is 19.6 Å². The molecule has 1 aliphatic heterocycles. The Morgan fingerprint density at radius 1 is 1.39 bits per heavy atom. The molecule has 0 aromatic carbocycles. The number of ether oxygens (including phenoxy) is 1. The largest absolute Gasteiger partial charge is 0.467 e. The molecule has 7 nitrogen and oxygen atoms in total. The first-order valence-electron chi connectivity index (χ1n) is 7.33. The van der Waals surface area contributed by atoms with Gasteiger partial charge in [0, 0.05) is 12.7 Å². The highest BCUT2D eigenvalue weighted by molar-refractivity contribution is 6.16. The Bertz CT molecular complexity index is 729. The lowest BCUT2D eigenvalue weighted by Crippen LogP contribution is -2.62. The van der Waals surface area contributed by atoms with Crippen molar-refractivity contribution < 1.29 is 18.7 Å². The van der Waals surface area contributed by atoms with E-state index in [1.165, 1.54) is 18.1 Å².